The SMILES string of the molecule is Cc1nn(C)c(OCc2cccc(Cl)c2)c1C(=N)N. The summed E-state index contributed by atoms with van der Waals surface area (Å²) in [7, 11) is 1.76. The third kappa shape index (κ3) is 2.88. The smallest absolute Gasteiger partial charge is 0.223 e. The lowest BCUT2D eigenvalue weighted by molar-refractivity contribution is 0.278. The van der Waals surface area contributed by atoms with Crippen molar-refractivity contribution >= 4 is 17.4 Å². The zero-order chi connectivity index (χ0) is 14.0. The fourth-order valence-electron chi connectivity index (χ4n) is 1.89. The lowest BCUT2D eigenvalue weighted by Gasteiger charge is -2.08. The molecule has 19 heavy (non-hydrogen) atoms. The van der Waals surface area contributed by atoms with E-state index in [0.717, 1.165) is 5.56 Å². The molecule has 0 saturated carbocycles. The third-order valence-electron chi connectivity index (χ3n) is 2.70. The molecule has 0 fully saturated rings. The lowest BCUT2D eigenvalue weighted by atomic mass is 10.2. The number of rotatable bonds is 4. The van der Waals surface area contributed by atoms with E-state index in [1.807, 2.05) is 18.2 Å². The summed E-state index contributed by atoms with van der Waals surface area (Å²) in [6.45, 7) is 2.14. The van der Waals surface area contributed by atoms with Gasteiger partial charge in [0.2, 0.25) is 5.88 Å². The summed E-state index contributed by atoms with van der Waals surface area (Å²) in [5.41, 5.74) is 7.70. The van der Waals surface area contributed by atoms with Gasteiger partial charge in [-0.15, -0.1) is 0 Å². The number of nitrogen functional groups attached to an aromatic ring is 1. The Kier molecular flexibility index (Phi) is 3.76. The Bertz CT molecular complexity index is 621. The highest BCUT2D eigenvalue weighted by Crippen LogP contribution is 2.22. The molecule has 1 aromatic carbocycles. The van der Waals surface area contributed by atoms with Gasteiger partial charge < -0.3 is 10.5 Å². The highest BCUT2D eigenvalue weighted by molar-refractivity contribution is 6.30. The summed E-state index contributed by atoms with van der Waals surface area (Å²) < 4.78 is 7.29. The molecule has 6 heteroatoms. The topological polar surface area (TPSA) is 76.9 Å². The van der Waals surface area contributed by atoms with E-state index < -0.39 is 0 Å². The zero-order valence-corrected chi connectivity index (χ0v) is 11.5. The van der Waals surface area contributed by atoms with E-state index in [9.17, 15) is 0 Å². The molecule has 0 spiro atoms. The summed E-state index contributed by atoms with van der Waals surface area (Å²) in [6, 6.07) is 7.42. The van der Waals surface area contributed by atoms with Gasteiger partial charge in [0.15, 0.2) is 0 Å². The Morgan fingerprint density at radius 1 is 1.53 bits per heavy atom. The molecule has 0 radical (unpaired) electrons. The summed E-state index contributed by atoms with van der Waals surface area (Å²) in [5, 5.41) is 12.4. The van der Waals surface area contributed by atoms with Crippen LogP contribution in [-0.2, 0) is 13.7 Å². The Labute approximate surface area is 116 Å². The van der Waals surface area contributed by atoms with E-state index in [2.05, 4.69) is 5.10 Å². The van der Waals surface area contributed by atoms with Gasteiger partial charge in [-0.25, -0.2) is 4.68 Å². The molecule has 2 rings (SSSR count). The average Bonchev–Trinajstić information content (AvgIpc) is 2.61. The molecular weight excluding hydrogens is 264 g/mol. The minimum absolute atomic E-state index is 0.0494. The van der Waals surface area contributed by atoms with Crippen LogP contribution in [0.4, 0.5) is 0 Å². The number of aromatic nitrogens is 2. The van der Waals surface area contributed by atoms with Gasteiger partial charge in [-0.05, 0) is 24.6 Å². The van der Waals surface area contributed by atoms with Crippen molar-refractivity contribution in [3.05, 3.63) is 46.1 Å². The first kappa shape index (κ1) is 13.4. The second kappa shape index (κ2) is 5.32. The Morgan fingerprint density at radius 2 is 2.26 bits per heavy atom. The second-order valence-corrected chi connectivity index (χ2v) is 4.66. The molecule has 0 aliphatic heterocycles. The summed E-state index contributed by atoms with van der Waals surface area (Å²) in [5.74, 6) is 0.441. The van der Waals surface area contributed by atoms with Crippen LogP contribution in [-0.4, -0.2) is 15.6 Å². The predicted molar refractivity (Wildman–Crippen MR) is 74.7 cm³/mol. The number of nitrogens with two attached hydrogens (primary N) is 1. The number of benzene rings is 1. The molecule has 1 heterocycles. The van der Waals surface area contributed by atoms with Crippen LogP contribution in [0.5, 0.6) is 5.88 Å². The van der Waals surface area contributed by atoms with Crippen molar-refractivity contribution in [2.75, 3.05) is 0 Å². The summed E-state index contributed by atoms with van der Waals surface area (Å²) in [4.78, 5) is 0. The van der Waals surface area contributed by atoms with E-state index in [1.165, 1.54) is 0 Å². The Balaban J connectivity index is 2.22. The molecule has 0 aliphatic rings. The fraction of sp³-hybridized carbons (Fsp3) is 0.231. The molecular formula is C13H15ClN4O. The number of halogens is 1. The van der Waals surface area contributed by atoms with Crippen LogP contribution in [0.3, 0.4) is 0 Å². The molecule has 0 amide bonds. The van der Waals surface area contributed by atoms with Gasteiger partial charge >= 0.3 is 0 Å². The molecule has 2 aromatic rings. The maximum absolute atomic E-state index is 7.57. The van der Waals surface area contributed by atoms with E-state index in [1.54, 1.807) is 24.7 Å². The van der Waals surface area contributed by atoms with Gasteiger partial charge in [-0.3, -0.25) is 5.41 Å². The molecule has 0 saturated heterocycles. The third-order valence-corrected chi connectivity index (χ3v) is 2.94. The van der Waals surface area contributed by atoms with Crippen molar-refractivity contribution in [3.63, 3.8) is 0 Å². The zero-order valence-electron chi connectivity index (χ0n) is 10.8. The van der Waals surface area contributed by atoms with Crippen molar-refractivity contribution in [2.24, 2.45) is 12.8 Å². The van der Waals surface area contributed by atoms with Crippen LogP contribution >= 0.6 is 11.6 Å². The van der Waals surface area contributed by atoms with Crippen LogP contribution in [0.15, 0.2) is 24.3 Å². The molecule has 0 aliphatic carbocycles. The first-order valence-electron chi connectivity index (χ1n) is 5.74. The van der Waals surface area contributed by atoms with Gasteiger partial charge in [0.25, 0.3) is 0 Å². The number of ether oxygens (including phenoxy) is 1. The van der Waals surface area contributed by atoms with E-state index in [4.69, 9.17) is 27.5 Å². The lowest BCUT2D eigenvalue weighted by Crippen LogP contribution is -2.14. The second-order valence-electron chi connectivity index (χ2n) is 4.22. The molecule has 1 aromatic heterocycles. The van der Waals surface area contributed by atoms with Crippen LogP contribution < -0.4 is 10.5 Å². The molecule has 0 atom stereocenters. The molecule has 0 unspecified atom stereocenters. The Hall–Kier alpha value is -2.01. The van der Waals surface area contributed by atoms with Crippen molar-refractivity contribution in [3.8, 4) is 5.88 Å². The number of aryl methyl sites for hydroxylation is 2. The number of hydrogen-bond donors (Lipinski definition) is 2. The minimum Gasteiger partial charge on any atom is -0.472 e. The standard InChI is InChI=1S/C13H15ClN4O/c1-8-11(12(15)16)13(18(2)17-8)19-7-9-4-3-5-10(14)6-9/h3-6H,7H2,1-2H3,(H3,15,16). The first-order valence-corrected chi connectivity index (χ1v) is 6.12. The van der Waals surface area contributed by atoms with Crippen molar-refractivity contribution in [1.82, 2.24) is 9.78 Å². The number of nitrogens with one attached hydrogen (secondary N) is 1. The highest BCUT2D eigenvalue weighted by Gasteiger charge is 2.17. The molecule has 3 N–H and O–H groups in total. The summed E-state index contributed by atoms with van der Waals surface area (Å²) in [6.07, 6.45) is 0. The molecule has 5 nitrogen and oxygen atoms in total. The number of hydrogen-bond acceptors (Lipinski definition) is 3. The van der Waals surface area contributed by atoms with E-state index in [-0.39, 0.29) is 5.84 Å². The maximum Gasteiger partial charge on any atom is 0.223 e. The number of nitrogens with zero attached hydrogens (tertiary/aromatic N) is 2. The molecule has 0 bridgehead atoms. The quantitative estimate of drug-likeness (QED) is 0.665. The largest absolute Gasteiger partial charge is 0.472 e. The molecule has 100 valence electrons. The van der Waals surface area contributed by atoms with Crippen molar-refractivity contribution < 1.29 is 4.74 Å². The van der Waals surface area contributed by atoms with Gasteiger partial charge in [0, 0.05) is 12.1 Å². The van der Waals surface area contributed by atoms with Crippen LogP contribution in [0, 0.1) is 12.3 Å². The first-order chi connectivity index (χ1) is 8.99. The Morgan fingerprint density at radius 3 is 2.89 bits per heavy atom. The van der Waals surface area contributed by atoms with Gasteiger partial charge in [0.05, 0.1) is 5.69 Å². The van der Waals surface area contributed by atoms with Crippen molar-refractivity contribution in [2.45, 2.75) is 13.5 Å². The van der Waals surface area contributed by atoms with Gasteiger partial charge in [-0.1, -0.05) is 23.7 Å². The van der Waals surface area contributed by atoms with Crippen LogP contribution in [0.2, 0.25) is 5.02 Å². The maximum atomic E-state index is 7.57. The number of amidine groups is 1. The monoisotopic (exact) mass is 278 g/mol. The minimum atomic E-state index is -0.0494. The fourth-order valence-corrected chi connectivity index (χ4v) is 2.10. The van der Waals surface area contributed by atoms with Crippen LogP contribution in [0.1, 0.15) is 16.8 Å². The summed E-state index contributed by atoms with van der Waals surface area (Å²) >= 11 is 5.92. The van der Waals surface area contributed by atoms with Crippen LogP contribution in [0.25, 0.3) is 0 Å². The van der Waals surface area contributed by atoms with E-state index >= 15 is 0 Å². The van der Waals surface area contributed by atoms with Gasteiger partial charge in [-0.2, -0.15) is 5.10 Å². The average molecular weight is 279 g/mol. The normalized spacial score (nSPS) is 10.5. The van der Waals surface area contributed by atoms with Crippen molar-refractivity contribution in [1.29, 1.82) is 5.41 Å². The highest BCUT2D eigenvalue weighted by atomic mass is 35.5. The van der Waals surface area contributed by atoms with E-state index in [0.29, 0.717) is 28.8 Å². The van der Waals surface area contributed by atoms with Gasteiger partial charge in [0.1, 0.15) is 18.0 Å². The predicted octanol–water partition coefficient (Wildman–Crippen LogP) is 2.24.